The van der Waals surface area contributed by atoms with Crippen molar-refractivity contribution in [3.8, 4) is 56.0 Å². The van der Waals surface area contributed by atoms with Gasteiger partial charge in [-0.3, -0.25) is 0 Å². The maximum absolute atomic E-state index is 7.07. The SMILES string of the molecule is c1ccc(C2(c3ccccc3)c3ccccc3-c3c(-c4cccc(-c5cc6c(c7ccccc57)Oc5ccccc5C65c6ccccc6-c6ccccc65)c4)cccc32)cc1. The lowest BCUT2D eigenvalue weighted by atomic mass is 9.65. The van der Waals surface area contributed by atoms with Crippen molar-refractivity contribution < 1.29 is 4.74 Å². The number of hydrogen-bond acceptors (Lipinski definition) is 1. The highest BCUT2D eigenvalue weighted by Gasteiger charge is 2.52. The quantitative estimate of drug-likeness (QED) is 0.173. The molecule has 0 radical (unpaired) electrons. The fourth-order valence-electron chi connectivity index (χ4n) is 11.5. The predicted octanol–water partition coefficient (Wildman–Crippen LogP) is 15.0. The topological polar surface area (TPSA) is 9.23 Å². The molecule has 0 unspecified atom stereocenters. The summed E-state index contributed by atoms with van der Waals surface area (Å²) < 4.78 is 7.07. The van der Waals surface area contributed by atoms with E-state index in [4.69, 9.17) is 4.74 Å². The summed E-state index contributed by atoms with van der Waals surface area (Å²) in [5.41, 5.74) is 19.0. The summed E-state index contributed by atoms with van der Waals surface area (Å²) in [5, 5.41) is 2.28. The molecule has 1 heteroatoms. The van der Waals surface area contributed by atoms with E-state index >= 15 is 0 Å². The zero-order chi connectivity index (χ0) is 40.1. The van der Waals surface area contributed by atoms with E-state index in [1.54, 1.807) is 0 Å². The van der Waals surface area contributed by atoms with Crippen molar-refractivity contribution in [2.45, 2.75) is 10.8 Å². The van der Waals surface area contributed by atoms with Crippen LogP contribution in [-0.2, 0) is 10.8 Å². The van der Waals surface area contributed by atoms with Gasteiger partial charge >= 0.3 is 0 Å². The molecule has 0 aromatic heterocycles. The normalized spacial score (nSPS) is 14.3. The van der Waals surface area contributed by atoms with E-state index in [1.807, 2.05) is 0 Å². The zero-order valence-corrected chi connectivity index (χ0v) is 33.3. The number of hydrogen-bond donors (Lipinski definition) is 0. The molecule has 0 saturated heterocycles. The van der Waals surface area contributed by atoms with E-state index < -0.39 is 10.8 Å². The lowest BCUT2D eigenvalue weighted by Gasteiger charge is -2.40. The average molecular weight is 775 g/mol. The molecule has 0 atom stereocenters. The number of para-hydroxylation sites is 1. The number of fused-ring (bicyclic) bond motifs is 14. The molecular weight excluding hydrogens is 737 g/mol. The van der Waals surface area contributed by atoms with Crippen LogP contribution in [0, 0.1) is 0 Å². The van der Waals surface area contributed by atoms with Gasteiger partial charge in [-0.1, -0.05) is 212 Å². The van der Waals surface area contributed by atoms with Crippen molar-refractivity contribution in [1.82, 2.24) is 0 Å². The Morgan fingerprint density at radius 2 is 0.754 bits per heavy atom. The van der Waals surface area contributed by atoms with Gasteiger partial charge in [0.25, 0.3) is 0 Å². The standard InChI is InChI=1S/C60H38O/c1-3-21-41(22-4-1)59(42-23-5-2-6-24-42)52-33-14-11-29-48(52)57-43(30-18-35-54(57)59)39-19-17-20-40(37-39)49-38-55-58(47-28-8-7-25-44(47)49)61-56-36-16-15-34-53(56)60(55)50-31-12-9-26-45(50)46-27-10-13-32-51(46)60/h1-38H. The molecule has 10 aromatic rings. The molecule has 0 bridgehead atoms. The van der Waals surface area contributed by atoms with E-state index in [0.717, 1.165) is 16.9 Å². The van der Waals surface area contributed by atoms with E-state index in [9.17, 15) is 0 Å². The van der Waals surface area contributed by atoms with Crippen LogP contribution in [-0.4, -0.2) is 0 Å². The van der Waals surface area contributed by atoms with Gasteiger partial charge in [-0.25, -0.2) is 0 Å². The lowest BCUT2D eigenvalue weighted by molar-refractivity contribution is 0.442. The summed E-state index contributed by atoms with van der Waals surface area (Å²) in [7, 11) is 0. The molecule has 10 aromatic carbocycles. The Kier molecular flexibility index (Phi) is 7.21. The van der Waals surface area contributed by atoms with Crippen LogP contribution in [0.1, 0.15) is 44.5 Å². The van der Waals surface area contributed by atoms with Gasteiger partial charge in [-0.15, -0.1) is 0 Å². The van der Waals surface area contributed by atoms with Crippen molar-refractivity contribution in [1.29, 1.82) is 0 Å². The van der Waals surface area contributed by atoms with Crippen LogP contribution in [0.2, 0.25) is 0 Å². The second-order valence-electron chi connectivity index (χ2n) is 16.6. The fraction of sp³-hybridized carbons (Fsp3) is 0.0333. The minimum absolute atomic E-state index is 0.463. The first-order chi connectivity index (χ1) is 30.3. The van der Waals surface area contributed by atoms with Crippen molar-refractivity contribution >= 4 is 10.8 Å². The first kappa shape index (κ1) is 34.2. The minimum atomic E-state index is -0.560. The molecule has 0 saturated carbocycles. The number of ether oxygens (including phenoxy) is 1. The van der Waals surface area contributed by atoms with Crippen LogP contribution in [0.5, 0.6) is 11.5 Å². The Balaban J connectivity index is 1.07. The third-order valence-electron chi connectivity index (χ3n) is 13.8. The predicted molar refractivity (Wildman–Crippen MR) is 250 cm³/mol. The highest BCUT2D eigenvalue weighted by atomic mass is 16.5. The molecule has 1 heterocycles. The van der Waals surface area contributed by atoms with Crippen LogP contribution in [0.4, 0.5) is 0 Å². The second-order valence-corrected chi connectivity index (χ2v) is 16.6. The Labute approximate surface area is 355 Å². The molecule has 1 nitrogen and oxygen atoms in total. The van der Waals surface area contributed by atoms with E-state index in [1.165, 1.54) is 94.4 Å². The third-order valence-corrected chi connectivity index (χ3v) is 13.8. The van der Waals surface area contributed by atoms with E-state index in [0.29, 0.717) is 0 Å². The van der Waals surface area contributed by atoms with Crippen molar-refractivity contribution in [2.24, 2.45) is 0 Å². The van der Waals surface area contributed by atoms with Gasteiger partial charge in [0.1, 0.15) is 11.5 Å². The summed E-state index contributed by atoms with van der Waals surface area (Å²) in [4.78, 5) is 0. The molecular formula is C60H38O. The molecule has 1 aliphatic heterocycles. The Morgan fingerprint density at radius 3 is 1.43 bits per heavy atom. The smallest absolute Gasteiger partial charge is 0.140 e. The minimum Gasteiger partial charge on any atom is -0.456 e. The third kappa shape index (κ3) is 4.50. The zero-order valence-electron chi connectivity index (χ0n) is 33.3. The fourth-order valence-corrected chi connectivity index (χ4v) is 11.5. The van der Waals surface area contributed by atoms with E-state index in [2.05, 4.69) is 231 Å². The molecule has 0 N–H and O–H groups in total. The van der Waals surface area contributed by atoms with Gasteiger partial charge in [0.15, 0.2) is 0 Å². The largest absolute Gasteiger partial charge is 0.456 e. The molecule has 2 aliphatic carbocycles. The highest BCUT2D eigenvalue weighted by molar-refractivity contribution is 6.05. The second kappa shape index (κ2) is 12.9. The van der Waals surface area contributed by atoms with Crippen LogP contribution < -0.4 is 4.74 Å². The summed E-state index contributed by atoms with van der Waals surface area (Å²) in [6, 6.07) is 85.2. The van der Waals surface area contributed by atoms with Gasteiger partial charge < -0.3 is 4.74 Å². The molecule has 61 heavy (non-hydrogen) atoms. The number of rotatable bonds is 4. The molecule has 284 valence electrons. The van der Waals surface area contributed by atoms with Crippen molar-refractivity contribution in [2.75, 3.05) is 0 Å². The van der Waals surface area contributed by atoms with Crippen LogP contribution in [0.25, 0.3) is 55.3 Å². The van der Waals surface area contributed by atoms with Crippen LogP contribution >= 0.6 is 0 Å². The Hall–Kier alpha value is -7.74. The van der Waals surface area contributed by atoms with Gasteiger partial charge in [0.2, 0.25) is 0 Å². The van der Waals surface area contributed by atoms with Gasteiger partial charge in [0.05, 0.1) is 10.8 Å². The molecule has 0 fully saturated rings. The first-order valence-corrected chi connectivity index (χ1v) is 21.3. The highest BCUT2D eigenvalue weighted by Crippen LogP contribution is 2.64. The average Bonchev–Trinajstić information content (AvgIpc) is 3.81. The maximum atomic E-state index is 7.07. The van der Waals surface area contributed by atoms with Crippen molar-refractivity contribution in [3.63, 3.8) is 0 Å². The summed E-state index contributed by atoms with van der Waals surface area (Å²) in [5.74, 6) is 1.83. The Morgan fingerprint density at radius 1 is 0.279 bits per heavy atom. The summed E-state index contributed by atoms with van der Waals surface area (Å²) in [6.07, 6.45) is 0. The molecule has 1 spiro atoms. The monoisotopic (exact) mass is 774 g/mol. The summed E-state index contributed by atoms with van der Waals surface area (Å²) in [6.45, 7) is 0. The summed E-state index contributed by atoms with van der Waals surface area (Å²) >= 11 is 0. The van der Waals surface area contributed by atoms with Crippen LogP contribution in [0.15, 0.2) is 231 Å². The van der Waals surface area contributed by atoms with Crippen LogP contribution in [0.3, 0.4) is 0 Å². The number of benzene rings is 10. The van der Waals surface area contributed by atoms with Gasteiger partial charge in [0, 0.05) is 16.5 Å². The van der Waals surface area contributed by atoms with Gasteiger partial charge in [-0.2, -0.15) is 0 Å². The molecule has 3 aliphatic rings. The molecule has 13 rings (SSSR count). The lowest BCUT2D eigenvalue weighted by Crippen LogP contribution is -2.32. The van der Waals surface area contributed by atoms with Gasteiger partial charge in [-0.05, 0) is 101 Å². The molecule has 0 amide bonds. The first-order valence-electron chi connectivity index (χ1n) is 21.3. The maximum Gasteiger partial charge on any atom is 0.140 e. The van der Waals surface area contributed by atoms with Crippen molar-refractivity contribution in [3.05, 3.63) is 275 Å². The van der Waals surface area contributed by atoms with E-state index in [-0.39, 0.29) is 0 Å². The Bertz CT molecular complexity index is 3310.